The number of rotatable bonds is 5. The third-order valence-electron chi connectivity index (χ3n) is 4.88. The van der Waals surface area contributed by atoms with Gasteiger partial charge in [-0.05, 0) is 36.9 Å². The standard InChI is InChI=1S/C17H24N4O3S/c1-17(11-18)8-10-21(12-17)15(22)7-4-9-19-16-13-5-2-3-6-14(13)25(23,24)20-16/h2-3,5-6H,4,7-12,18H2,1H3,(H,19,20). The smallest absolute Gasteiger partial charge is 0.263 e. The first-order valence-electron chi connectivity index (χ1n) is 8.49. The maximum Gasteiger partial charge on any atom is 0.263 e. The number of hydrogen-bond donors (Lipinski definition) is 2. The Labute approximate surface area is 148 Å². The second kappa shape index (κ2) is 6.76. The molecule has 1 aromatic rings. The van der Waals surface area contributed by atoms with Gasteiger partial charge >= 0.3 is 0 Å². The lowest BCUT2D eigenvalue weighted by molar-refractivity contribution is -0.130. The Morgan fingerprint density at radius 3 is 2.88 bits per heavy atom. The fraction of sp³-hybridized carbons (Fsp3) is 0.529. The topological polar surface area (TPSA) is 105 Å². The molecule has 1 amide bonds. The molecular weight excluding hydrogens is 340 g/mol. The average Bonchev–Trinajstić information content (AvgIpc) is 3.11. The summed E-state index contributed by atoms with van der Waals surface area (Å²) < 4.78 is 26.5. The predicted molar refractivity (Wildman–Crippen MR) is 95.8 cm³/mol. The number of nitrogens with two attached hydrogens (primary N) is 1. The molecule has 1 fully saturated rings. The number of amides is 1. The van der Waals surface area contributed by atoms with Gasteiger partial charge < -0.3 is 10.6 Å². The summed E-state index contributed by atoms with van der Waals surface area (Å²) in [4.78, 5) is 18.7. The highest BCUT2D eigenvalue weighted by Gasteiger charge is 2.34. The number of likely N-dealkylation sites (tertiary alicyclic amines) is 1. The summed E-state index contributed by atoms with van der Waals surface area (Å²) in [6.45, 7) is 4.57. The number of benzene rings is 1. The molecule has 0 spiro atoms. The quantitative estimate of drug-likeness (QED) is 0.751. The first-order chi connectivity index (χ1) is 11.8. The molecule has 1 saturated heterocycles. The van der Waals surface area contributed by atoms with Crippen molar-refractivity contribution in [1.29, 1.82) is 0 Å². The van der Waals surface area contributed by atoms with E-state index in [1.807, 2.05) is 4.90 Å². The van der Waals surface area contributed by atoms with Crippen molar-refractivity contribution in [3.63, 3.8) is 0 Å². The highest BCUT2D eigenvalue weighted by molar-refractivity contribution is 7.90. The Bertz CT molecular complexity index is 806. The fourth-order valence-corrected chi connectivity index (χ4v) is 4.48. The van der Waals surface area contributed by atoms with Crippen molar-refractivity contribution in [2.75, 3.05) is 26.2 Å². The molecule has 1 atom stereocenters. The lowest BCUT2D eigenvalue weighted by Gasteiger charge is -2.22. The number of sulfonamides is 1. The van der Waals surface area contributed by atoms with Gasteiger partial charge in [-0.2, -0.15) is 0 Å². The molecule has 8 heteroatoms. The lowest BCUT2D eigenvalue weighted by atomic mass is 9.90. The molecule has 0 aromatic heterocycles. The summed E-state index contributed by atoms with van der Waals surface area (Å²) in [5.74, 6) is 0.477. The molecule has 7 nitrogen and oxygen atoms in total. The summed E-state index contributed by atoms with van der Waals surface area (Å²) in [6.07, 6.45) is 1.93. The molecule has 1 aromatic carbocycles. The maximum absolute atomic E-state index is 12.3. The van der Waals surface area contributed by atoms with Gasteiger partial charge in [-0.3, -0.25) is 14.5 Å². The molecule has 136 valence electrons. The number of hydrogen-bond acceptors (Lipinski definition) is 5. The van der Waals surface area contributed by atoms with Gasteiger partial charge in [0.2, 0.25) is 5.91 Å². The van der Waals surface area contributed by atoms with E-state index < -0.39 is 10.0 Å². The second-order valence-electron chi connectivity index (χ2n) is 7.02. The normalized spacial score (nSPS) is 25.8. The van der Waals surface area contributed by atoms with Crippen LogP contribution in [0.3, 0.4) is 0 Å². The minimum atomic E-state index is -3.51. The molecular formula is C17H24N4O3S. The first kappa shape index (κ1) is 17.9. The zero-order valence-electron chi connectivity index (χ0n) is 14.4. The van der Waals surface area contributed by atoms with Gasteiger partial charge in [-0.15, -0.1) is 0 Å². The van der Waals surface area contributed by atoms with Gasteiger partial charge in [0.25, 0.3) is 10.0 Å². The first-order valence-corrected chi connectivity index (χ1v) is 9.97. The highest BCUT2D eigenvalue weighted by Crippen LogP contribution is 2.29. The van der Waals surface area contributed by atoms with E-state index in [1.54, 1.807) is 24.3 Å². The molecule has 1 unspecified atom stereocenters. The molecule has 2 heterocycles. The number of nitrogens with zero attached hydrogens (tertiary/aromatic N) is 2. The Morgan fingerprint density at radius 2 is 2.16 bits per heavy atom. The van der Waals surface area contributed by atoms with Gasteiger partial charge in [-0.1, -0.05) is 19.1 Å². The van der Waals surface area contributed by atoms with Gasteiger partial charge in [0.05, 0.1) is 4.90 Å². The van der Waals surface area contributed by atoms with E-state index in [0.717, 1.165) is 13.0 Å². The van der Waals surface area contributed by atoms with Gasteiger partial charge in [0.15, 0.2) is 0 Å². The van der Waals surface area contributed by atoms with Crippen molar-refractivity contribution >= 4 is 21.8 Å². The van der Waals surface area contributed by atoms with Crippen LogP contribution in [0.25, 0.3) is 0 Å². The van der Waals surface area contributed by atoms with Crippen molar-refractivity contribution in [3.05, 3.63) is 29.8 Å². The summed E-state index contributed by atoms with van der Waals surface area (Å²) in [6, 6.07) is 6.76. The molecule has 0 saturated carbocycles. The Morgan fingerprint density at radius 1 is 1.40 bits per heavy atom. The summed E-state index contributed by atoms with van der Waals surface area (Å²) in [5.41, 5.74) is 6.39. The third-order valence-corrected chi connectivity index (χ3v) is 6.28. The lowest BCUT2D eigenvalue weighted by Crippen LogP contribution is -2.34. The van der Waals surface area contributed by atoms with Gasteiger partial charge in [0, 0.05) is 31.6 Å². The number of carbonyl (C=O) groups is 1. The molecule has 0 aliphatic carbocycles. The predicted octanol–water partition coefficient (Wildman–Crippen LogP) is 0.703. The summed E-state index contributed by atoms with van der Waals surface area (Å²) in [5, 5.41) is 0. The number of fused-ring (bicyclic) bond motifs is 1. The van der Waals surface area contributed by atoms with Crippen LogP contribution < -0.4 is 10.5 Å². The van der Waals surface area contributed by atoms with Crippen LogP contribution in [-0.4, -0.2) is 51.2 Å². The number of amidine groups is 1. The van der Waals surface area contributed by atoms with E-state index >= 15 is 0 Å². The summed E-state index contributed by atoms with van der Waals surface area (Å²) in [7, 11) is -3.51. The van der Waals surface area contributed by atoms with E-state index in [-0.39, 0.29) is 16.2 Å². The summed E-state index contributed by atoms with van der Waals surface area (Å²) >= 11 is 0. The zero-order valence-corrected chi connectivity index (χ0v) is 15.2. The van der Waals surface area contributed by atoms with E-state index in [0.29, 0.717) is 43.9 Å². The molecule has 3 rings (SSSR count). The van der Waals surface area contributed by atoms with Crippen LogP contribution >= 0.6 is 0 Å². The Hall–Kier alpha value is -1.93. The van der Waals surface area contributed by atoms with Crippen molar-refractivity contribution in [2.24, 2.45) is 16.1 Å². The van der Waals surface area contributed by atoms with Crippen molar-refractivity contribution in [1.82, 2.24) is 9.62 Å². The monoisotopic (exact) mass is 364 g/mol. The highest BCUT2D eigenvalue weighted by atomic mass is 32.2. The van der Waals surface area contributed by atoms with Crippen LogP contribution in [-0.2, 0) is 14.8 Å². The minimum absolute atomic E-state index is 0.0295. The average molecular weight is 364 g/mol. The van der Waals surface area contributed by atoms with Crippen molar-refractivity contribution in [2.45, 2.75) is 31.1 Å². The van der Waals surface area contributed by atoms with Gasteiger partial charge in [-0.25, -0.2) is 8.42 Å². The third kappa shape index (κ3) is 3.69. The second-order valence-corrected chi connectivity index (χ2v) is 8.67. The van der Waals surface area contributed by atoms with E-state index in [1.165, 1.54) is 0 Å². The number of carbonyl (C=O) groups excluding carboxylic acids is 1. The molecule has 2 aliphatic rings. The van der Waals surface area contributed by atoms with Crippen LogP contribution in [0.15, 0.2) is 34.2 Å². The molecule has 0 radical (unpaired) electrons. The molecule has 25 heavy (non-hydrogen) atoms. The van der Waals surface area contributed by atoms with Crippen LogP contribution in [0.1, 0.15) is 31.7 Å². The molecule has 3 N–H and O–H groups in total. The van der Waals surface area contributed by atoms with Crippen molar-refractivity contribution in [3.8, 4) is 0 Å². The SMILES string of the molecule is CC1(CN)CCN(C(=O)CCCN=C2NS(=O)(=O)c3ccccc32)C1. The van der Waals surface area contributed by atoms with Crippen LogP contribution in [0, 0.1) is 5.41 Å². The van der Waals surface area contributed by atoms with Crippen molar-refractivity contribution < 1.29 is 13.2 Å². The minimum Gasteiger partial charge on any atom is -0.342 e. The number of nitrogens with one attached hydrogen (secondary N) is 1. The zero-order chi connectivity index (χ0) is 18.1. The Kier molecular flexibility index (Phi) is 4.83. The van der Waals surface area contributed by atoms with Gasteiger partial charge in [0.1, 0.15) is 5.84 Å². The van der Waals surface area contributed by atoms with Crippen LogP contribution in [0.2, 0.25) is 0 Å². The molecule has 0 bridgehead atoms. The largest absolute Gasteiger partial charge is 0.342 e. The van der Waals surface area contributed by atoms with E-state index in [9.17, 15) is 13.2 Å². The van der Waals surface area contributed by atoms with E-state index in [2.05, 4.69) is 16.6 Å². The van der Waals surface area contributed by atoms with E-state index in [4.69, 9.17) is 5.73 Å². The maximum atomic E-state index is 12.3. The van der Waals surface area contributed by atoms with Crippen LogP contribution in [0.5, 0.6) is 0 Å². The number of aliphatic imine (C=N–C) groups is 1. The Balaban J connectivity index is 1.54. The van der Waals surface area contributed by atoms with Crippen LogP contribution in [0.4, 0.5) is 0 Å². The fourth-order valence-electron chi connectivity index (χ4n) is 3.23. The molecule has 2 aliphatic heterocycles.